The molecule has 19 heavy (non-hydrogen) atoms. The average Bonchev–Trinajstić information content (AvgIpc) is 2.85. The van der Waals surface area contributed by atoms with Crippen molar-refractivity contribution in [1.82, 2.24) is 9.80 Å². The van der Waals surface area contributed by atoms with Gasteiger partial charge in [0.2, 0.25) is 5.91 Å². The summed E-state index contributed by atoms with van der Waals surface area (Å²) in [6.45, 7) is 6.17. The summed E-state index contributed by atoms with van der Waals surface area (Å²) in [6, 6.07) is 0.314. The predicted octanol–water partition coefficient (Wildman–Crippen LogP) is 0.471. The first-order valence-corrected chi connectivity index (χ1v) is 7.50. The first kappa shape index (κ1) is 14.8. The van der Waals surface area contributed by atoms with E-state index >= 15 is 0 Å². The first-order valence-electron chi connectivity index (χ1n) is 7.50. The second-order valence-electron chi connectivity index (χ2n) is 5.53. The van der Waals surface area contributed by atoms with E-state index in [9.17, 15) is 9.90 Å². The molecule has 5 heteroatoms. The highest BCUT2D eigenvalue weighted by Gasteiger charge is 2.33. The summed E-state index contributed by atoms with van der Waals surface area (Å²) in [5, 5.41) is 9.92. The fourth-order valence-electron chi connectivity index (χ4n) is 3.04. The van der Waals surface area contributed by atoms with Gasteiger partial charge in [-0.3, -0.25) is 9.69 Å². The number of carbonyl (C=O) groups is 1. The van der Waals surface area contributed by atoms with E-state index in [0.29, 0.717) is 12.6 Å². The highest BCUT2D eigenvalue weighted by molar-refractivity contribution is 5.77. The van der Waals surface area contributed by atoms with Gasteiger partial charge in [-0.15, -0.1) is 0 Å². The Hall–Kier alpha value is -0.650. The van der Waals surface area contributed by atoms with Crippen LogP contribution in [0.5, 0.6) is 0 Å². The predicted molar refractivity (Wildman–Crippen MR) is 72.9 cm³/mol. The number of piperazine rings is 1. The van der Waals surface area contributed by atoms with Crippen LogP contribution in [0, 0.1) is 0 Å². The third kappa shape index (κ3) is 3.91. The molecule has 1 aliphatic carbocycles. The normalized spacial score (nSPS) is 28.8. The van der Waals surface area contributed by atoms with Crippen molar-refractivity contribution in [2.75, 3.05) is 39.4 Å². The molecule has 1 aliphatic heterocycles. The quantitative estimate of drug-likeness (QED) is 0.738. The molecule has 0 aromatic heterocycles. The van der Waals surface area contributed by atoms with Gasteiger partial charge in [0.25, 0.3) is 0 Å². The minimum atomic E-state index is -0.171. The minimum absolute atomic E-state index is 0.0973. The molecule has 1 saturated carbocycles. The number of hydrogen-bond acceptors (Lipinski definition) is 4. The van der Waals surface area contributed by atoms with Gasteiger partial charge in [0.1, 0.15) is 6.61 Å². The maximum atomic E-state index is 11.9. The zero-order valence-electron chi connectivity index (χ0n) is 11.9. The van der Waals surface area contributed by atoms with Gasteiger partial charge in [-0.25, -0.2) is 0 Å². The second kappa shape index (κ2) is 7.22. The Morgan fingerprint density at radius 3 is 2.58 bits per heavy atom. The van der Waals surface area contributed by atoms with E-state index in [-0.39, 0.29) is 18.6 Å². The Balaban J connectivity index is 1.71. The SMILES string of the molecule is CCCOCC(=O)N1CCN([C@@H]2CCC[C@H]2O)CC1. The summed E-state index contributed by atoms with van der Waals surface area (Å²) in [4.78, 5) is 16.1. The molecule has 0 aromatic carbocycles. The monoisotopic (exact) mass is 270 g/mol. The number of aliphatic hydroxyl groups excluding tert-OH is 1. The summed E-state index contributed by atoms with van der Waals surface area (Å²) in [5.74, 6) is 0.0973. The van der Waals surface area contributed by atoms with E-state index in [2.05, 4.69) is 4.90 Å². The van der Waals surface area contributed by atoms with Gasteiger partial charge in [-0.05, 0) is 25.7 Å². The fourth-order valence-corrected chi connectivity index (χ4v) is 3.04. The van der Waals surface area contributed by atoms with Crippen molar-refractivity contribution in [3.63, 3.8) is 0 Å². The zero-order chi connectivity index (χ0) is 13.7. The largest absolute Gasteiger partial charge is 0.391 e. The van der Waals surface area contributed by atoms with Crippen LogP contribution in [0.4, 0.5) is 0 Å². The third-order valence-corrected chi connectivity index (χ3v) is 4.15. The van der Waals surface area contributed by atoms with Crippen molar-refractivity contribution in [2.24, 2.45) is 0 Å². The lowest BCUT2D eigenvalue weighted by atomic mass is 10.1. The summed E-state index contributed by atoms with van der Waals surface area (Å²) in [6.07, 6.45) is 3.91. The van der Waals surface area contributed by atoms with Crippen molar-refractivity contribution >= 4 is 5.91 Å². The van der Waals surface area contributed by atoms with Crippen LogP contribution >= 0.6 is 0 Å². The van der Waals surface area contributed by atoms with Gasteiger partial charge in [0, 0.05) is 38.8 Å². The number of rotatable bonds is 5. The van der Waals surface area contributed by atoms with Crippen LogP contribution in [0.2, 0.25) is 0 Å². The Morgan fingerprint density at radius 2 is 2.00 bits per heavy atom. The van der Waals surface area contributed by atoms with E-state index in [4.69, 9.17) is 4.74 Å². The Morgan fingerprint density at radius 1 is 1.26 bits per heavy atom. The van der Waals surface area contributed by atoms with E-state index in [1.54, 1.807) is 0 Å². The molecule has 5 nitrogen and oxygen atoms in total. The summed E-state index contributed by atoms with van der Waals surface area (Å²) < 4.78 is 5.30. The molecular weight excluding hydrogens is 244 g/mol. The Labute approximate surface area is 115 Å². The lowest BCUT2D eigenvalue weighted by molar-refractivity contribution is -0.138. The molecule has 0 aromatic rings. The molecule has 1 amide bonds. The van der Waals surface area contributed by atoms with Crippen LogP contribution in [-0.4, -0.2) is 72.4 Å². The maximum absolute atomic E-state index is 11.9. The number of ether oxygens (including phenoxy) is 1. The van der Waals surface area contributed by atoms with Gasteiger partial charge >= 0.3 is 0 Å². The zero-order valence-corrected chi connectivity index (χ0v) is 11.9. The first-order chi connectivity index (χ1) is 9.22. The molecule has 0 unspecified atom stereocenters. The van der Waals surface area contributed by atoms with Crippen molar-refractivity contribution in [2.45, 2.75) is 44.8 Å². The van der Waals surface area contributed by atoms with Crippen molar-refractivity contribution in [3.8, 4) is 0 Å². The molecule has 110 valence electrons. The minimum Gasteiger partial charge on any atom is -0.391 e. The van der Waals surface area contributed by atoms with E-state index < -0.39 is 0 Å². The van der Waals surface area contributed by atoms with Crippen LogP contribution < -0.4 is 0 Å². The molecule has 1 N–H and O–H groups in total. The number of nitrogens with zero attached hydrogens (tertiary/aromatic N) is 2. The number of hydrogen-bond donors (Lipinski definition) is 1. The second-order valence-corrected chi connectivity index (χ2v) is 5.53. The molecule has 2 atom stereocenters. The lowest BCUT2D eigenvalue weighted by Crippen LogP contribution is -2.54. The van der Waals surface area contributed by atoms with Crippen LogP contribution in [0.25, 0.3) is 0 Å². The van der Waals surface area contributed by atoms with Crippen molar-refractivity contribution < 1.29 is 14.6 Å². The number of carbonyl (C=O) groups excluding carboxylic acids is 1. The van der Waals surface area contributed by atoms with Gasteiger partial charge in [0.15, 0.2) is 0 Å². The molecule has 2 aliphatic rings. The lowest BCUT2D eigenvalue weighted by Gasteiger charge is -2.39. The van der Waals surface area contributed by atoms with Crippen molar-refractivity contribution in [1.29, 1.82) is 0 Å². The van der Waals surface area contributed by atoms with Gasteiger partial charge in [-0.1, -0.05) is 6.92 Å². The molecular formula is C14H26N2O3. The Bertz CT molecular complexity index is 290. The molecule has 1 heterocycles. The molecule has 0 bridgehead atoms. The average molecular weight is 270 g/mol. The molecule has 1 saturated heterocycles. The highest BCUT2D eigenvalue weighted by Crippen LogP contribution is 2.25. The van der Waals surface area contributed by atoms with Crippen LogP contribution in [0.15, 0.2) is 0 Å². The summed E-state index contributed by atoms with van der Waals surface area (Å²) >= 11 is 0. The maximum Gasteiger partial charge on any atom is 0.248 e. The standard InChI is InChI=1S/C14H26N2O3/c1-2-10-19-11-14(18)16-8-6-15(7-9-16)12-4-3-5-13(12)17/h12-13,17H,2-11H2,1H3/t12-,13-/m1/s1. The van der Waals surface area contributed by atoms with Crippen LogP contribution in [-0.2, 0) is 9.53 Å². The molecule has 0 radical (unpaired) electrons. The van der Waals surface area contributed by atoms with Gasteiger partial charge in [-0.2, -0.15) is 0 Å². The van der Waals surface area contributed by atoms with Crippen molar-refractivity contribution in [3.05, 3.63) is 0 Å². The third-order valence-electron chi connectivity index (χ3n) is 4.15. The highest BCUT2D eigenvalue weighted by atomic mass is 16.5. The van der Waals surface area contributed by atoms with Crippen LogP contribution in [0.3, 0.4) is 0 Å². The number of aliphatic hydroxyl groups is 1. The molecule has 0 spiro atoms. The van der Waals surface area contributed by atoms with E-state index in [1.165, 1.54) is 0 Å². The fraction of sp³-hybridized carbons (Fsp3) is 0.929. The summed E-state index contributed by atoms with van der Waals surface area (Å²) in [7, 11) is 0. The van der Waals surface area contributed by atoms with E-state index in [1.807, 2.05) is 11.8 Å². The molecule has 2 fully saturated rings. The summed E-state index contributed by atoms with van der Waals surface area (Å²) in [5.41, 5.74) is 0. The Kier molecular flexibility index (Phi) is 5.60. The smallest absolute Gasteiger partial charge is 0.248 e. The van der Waals surface area contributed by atoms with Gasteiger partial charge < -0.3 is 14.7 Å². The van der Waals surface area contributed by atoms with Crippen LogP contribution in [0.1, 0.15) is 32.6 Å². The van der Waals surface area contributed by atoms with E-state index in [0.717, 1.165) is 51.9 Å². The topological polar surface area (TPSA) is 53.0 Å². The number of amides is 1. The van der Waals surface area contributed by atoms with Gasteiger partial charge in [0.05, 0.1) is 6.10 Å². The molecule has 2 rings (SSSR count).